The third-order valence-electron chi connectivity index (χ3n) is 4.35. The molecule has 1 heterocycles. The monoisotopic (exact) mass is 351 g/mol. The number of benzene rings is 1. The summed E-state index contributed by atoms with van der Waals surface area (Å²) in [5.41, 5.74) is 0.956. The molecule has 0 amide bonds. The minimum absolute atomic E-state index is 0.0876. The third-order valence-corrected chi connectivity index (χ3v) is 4.35. The van der Waals surface area contributed by atoms with E-state index in [1.54, 1.807) is 7.11 Å². The van der Waals surface area contributed by atoms with Crippen LogP contribution in [0.15, 0.2) is 24.3 Å². The van der Waals surface area contributed by atoms with Gasteiger partial charge in [0.05, 0.1) is 39.0 Å². The van der Waals surface area contributed by atoms with Gasteiger partial charge in [-0.2, -0.15) is 0 Å². The highest BCUT2D eigenvalue weighted by atomic mass is 16.5. The van der Waals surface area contributed by atoms with Gasteiger partial charge in [-0.3, -0.25) is 9.69 Å². The molecule has 1 aromatic carbocycles. The molecule has 0 saturated carbocycles. The van der Waals surface area contributed by atoms with E-state index in [1.807, 2.05) is 31.2 Å². The number of carbonyl (C=O) groups excluding carboxylic acids is 1. The smallest absolute Gasteiger partial charge is 0.310 e. The molecule has 1 N–H and O–H groups in total. The van der Waals surface area contributed by atoms with E-state index < -0.39 is 6.10 Å². The van der Waals surface area contributed by atoms with E-state index >= 15 is 0 Å². The van der Waals surface area contributed by atoms with Gasteiger partial charge in [-0.1, -0.05) is 18.2 Å². The molecule has 1 fully saturated rings. The van der Waals surface area contributed by atoms with Crippen LogP contribution in [0.25, 0.3) is 0 Å². The standard InChI is InChI=1S/C19H29NO5/c1-3-25-19(22)15-8-6-10-20(11-15)12-17(21)14-24-13-16-7-4-5-9-18(16)23-2/h4-5,7,9,15,17,21H,3,6,8,10-14H2,1-2H3/t15-,17+/m0/s1. The van der Waals surface area contributed by atoms with Crippen LogP contribution in [-0.2, 0) is 20.9 Å². The van der Waals surface area contributed by atoms with Gasteiger partial charge in [-0.05, 0) is 32.4 Å². The maximum Gasteiger partial charge on any atom is 0.310 e. The fourth-order valence-corrected chi connectivity index (χ4v) is 3.15. The van der Waals surface area contributed by atoms with E-state index in [0.29, 0.717) is 26.3 Å². The van der Waals surface area contributed by atoms with Crippen molar-refractivity contribution in [2.24, 2.45) is 5.92 Å². The third kappa shape index (κ3) is 6.30. The molecule has 0 spiro atoms. The SMILES string of the molecule is CCOC(=O)[C@H]1CCCN(C[C@@H](O)COCc2ccccc2OC)C1. The largest absolute Gasteiger partial charge is 0.496 e. The fraction of sp³-hybridized carbons (Fsp3) is 0.632. The van der Waals surface area contributed by atoms with Crippen molar-refractivity contribution in [1.82, 2.24) is 4.90 Å². The molecule has 1 aliphatic heterocycles. The average Bonchev–Trinajstić information content (AvgIpc) is 2.62. The number of piperidine rings is 1. The molecule has 6 nitrogen and oxygen atoms in total. The number of aliphatic hydroxyl groups excluding tert-OH is 1. The predicted molar refractivity (Wildman–Crippen MR) is 94.5 cm³/mol. The van der Waals surface area contributed by atoms with Crippen molar-refractivity contribution < 1.29 is 24.1 Å². The Hall–Kier alpha value is -1.63. The Kier molecular flexibility index (Phi) is 8.18. The van der Waals surface area contributed by atoms with Crippen LogP contribution >= 0.6 is 0 Å². The second kappa shape index (κ2) is 10.4. The van der Waals surface area contributed by atoms with Crippen molar-refractivity contribution in [1.29, 1.82) is 0 Å². The topological polar surface area (TPSA) is 68.2 Å². The summed E-state index contributed by atoms with van der Waals surface area (Å²) in [6.45, 7) is 4.91. The number of para-hydroxylation sites is 1. The van der Waals surface area contributed by atoms with E-state index in [0.717, 1.165) is 30.7 Å². The highest BCUT2D eigenvalue weighted by molar-refractivity contribution is 5.72. The van der Waals surface area contributed by atoms with Gasteiger partial charge in [0.25, 0.3) is 0 Å². The maximum atomic E-state index is 11.9. The van der Waals surface area contributed by atoms with E-state index in [2.05, 4.69) is 4.90 Å². The number of esters is 1. The summed E-state index contributed by atoms with van der Waals surface area (Å²) in [5.74, 6) is 0.565. The summed E-state index contributed by atoms with van der Waals surface area (Å²) in [4.78, 5) is 14.0. The highest BCUT2D eigenvalue weighted by Crippen LogP contribution is 2.19. The van der Waals surface area contributed by atoms with Crippen LogP contribution in [0.3, 0.4) is 0 Å². The minimum atomic E-state index is -0.587. The Morgan fingerprint density at radius 2 is 2.20 bits per heavy atom. The zero-order valence-corrected chi connectivity index (χ0v) is 15.1. The zero-order valence-electron chi connectivity index (χ0n) is 15.1. The normalized spacial score (nSPS) is 19.4. The van der Waals surface area contributed by atoms with Crippen molar-refractivity contribution in [3.8, 4) is 5.75 Å². The van der Waals surface area contributed by atoms with Gasteiger partial charge in [0.1, 0.15) is 5.75 Å². The lowest BCUT2D eigenvalue weighted by Gasteiger charge is -2.32. The van der Waals surface area contributed by atoms with Crippen molar-refractivity contribution in [2.75, 3.05) is 40.0 Å². The lowest BCUT2D eigenvalue weighted by atomic mass is 9.98. The van der Waals surface area contributed by atoms with Crippen molar-refractivity contribution >= 4 is 5.97 Å². The van der Waals surface area contributed by atoms with Crippen LogP contribution in [-0.4, -0.2) is 62.0 Å². The quantitative estimate of drug-likeness (QED) is 0.685. The number of methoxy groups -OCH3 is 1. The van der Waals surface area contributed by atoms with Crippen LogP contribution in [0.4, 0.5) is 0 Å². The van der Waals surface area contributed by atoms with E-state index in [-0.39, 0.29) is 18.5 Å². The summed E-state index contributed by atoms with van der Waals surface area (Å²) in [6.07, 6.45) is 1.21. The van der Waals surface area contributed by atoms with Crippen LogP contribution in [0, 0.1) is 5.92 Å². The number of hydrogen-bond donors (Lipinski definition) is 1. The Balaban J connectivity index is 1.72. The molecule has 1 aromatic rings. The molecule has 6 heteroatoms. The summed E-state index contributed by atoms with van der Waals surface area (Å²) in [5, 5.41) is 10.2. The first-order chi connectivity index (χ1) is 12.1. The Labute approximate surface area is 149 Å². The fourth-order valence-electron chi connectivity index (χ4n) is 3.15. The molecule has 1 saturated heterocycles. The van der Waals surface area contributed by atoms with Crippen molar-refractivity contribution in [2.45, 2.75) is 32.5 Å². The first-order valence-electron chi connectivity index (χ1n) is 8.90. The van der Waals surface area contributed by atoms with Crippen LogP contribution in [0.1, 0.15) is 25.3 Å². The van der Waals surface area contributed by atoms with Gasteiger partial charge in [-0.25, -0.2) is 0 Å². The van der Waals surface area contributed by atoms with Gasteiger partial charge in [0.15, 0.2) is 0 Å². The number of hydrogen-bond acceptors (Lipinski definition) is 6. The zero-order chi connectivity index (χ0) is 18.1. The molecule has 25 heavy (non-hydrogen) atoms. The van der Waals surface area contributed by atoms with Gasteiger partial charge in [-0.15, -0.1) is 0 Å². The molecular formula is C19H29NO5. The first kappa shape index (κ1) is 19.7. The predicted octanol–water partition coefficient (Wildman–Crippen LogP) is 1.85. The van der Waals surface area contributed by atoms with Crippen LogP contribution < -0.4 is 4.74 Å². The molecule has 0 aromatic heterocycles. The number of nitrogens with zero attached hydrogens (tertiary/aromatic N) is 1. The van der Waals surface area contributed by atoms with Crippen molar-refractivity contribution in [3.05, 3.63) is 29.8 Å². The lowest BCUT2D eigenvalue weighted by molar-refractivity contribution is -0.150. The molecule has 1 aliphatic rings. The molecule has 0 bridgehead atoms. The Morgan fingerprint density at radius 3 is 2.96 bits per heavy atom. The number of ether oxygens (including phenoxy) is 3. The Morgan fingerprint density at radius 1 is 1.40 bits per heavy atom. The average molecular weight is 351 g/mol. The van der Waals surface area contributed by atoms with Gasteiger partial charge < -0.3 is 19.3 Å². The molecular weight excluding hydrogens is 322 g/mol. The summed E-state index contributed by atoms with van der Waals surface area (Å²) < 4.78 is 16.0. The lowest BCUT2D eigenvalue weighted by Crippen LogP contribution is -2.43. The number of β-amino-alcohol motifs (C(OH)–C–C–N with tert-alkyl or cyclic N) is 1. The first-order valence-corrected chi connectivity index (χ1v) is 8.90. The van der Waals surface area contributed by atoms with Crippen LogP contribution in [0.5, 0.6) is 5.75 Å². The van der Waals surface area contributed by atoms with Gasteiger partial charge >= 0.3 is 5.97 Å². The van der Waals surface area contributed by atoms with E-state index in [1.165, 1.54) is 0 Å². The van der Waals surface area contributed by atoms with Gasteiger partial charge in [0.2, 0.25) is 0 Å². The Bertz CT molecular complexity index is 536. The minimum Gasteiger partial charge on any atom is -0.496 e. The van der Waals surface area contributed by atoms with E-state index in [9.17, 15) is 9.90 Å². The van der Waals surface area contributed by atoms with Crippen molar-refractivity contribution in [3.63, 3.8) is 0 Å². The number of rotatable bonds is 9. The second-order valence-corrected chi connectivity index (χ2v) is 6.33. The number of aliphatic hydroxyl groups is 1. The van der Waals surface area contributed by atoms with E-state index in [4.69, 9.17) is 14.2 Å². The molecule has 0 unspecified atom stereocenters. The number of likely N-dealkylation sites (tertiary alicyclic amines) is 1. The van der Waals surface area contributed by atoms with Crippen LogP contribution in [0.2, 0.25) is 0 Å². The molecule has 0 aliphatic carbocycles. The maximum absolute atomic E-state index is 11.9. The summed E-state index contributed by atoms with van der Waals surface area (Å²) in [7, 11) is 1.63. The highest BCUT2D eigenvalue weighted by Gasteiger charge is 2.27. The van der Waals surface area contributed by atoms with Gasteiger partial charge in [0, 0.05) is 18.7 Å². The summed E-state index contributed by atoms with van der Waals surface area (Å²) in [6, 6.07) is 7.67. The number of carbonyl (C=O) groups is 1. The molecule has 0 radical (unpaired) electrons. The molecule has 2 atom stereocenters. The molecule has 2 rings (SSSR count). The second-order valence-electron chi connectivity index (χ2n) is 6.33. The molecule has 140 valence electrons. The summed E-state index contributed by atoms with van der Waals surface area (Å²) >= 11 is 0.